The molecule has 1 fully saturated rings. The number of aliphatic hydroxyl groups excluding tert-OH is 3. The number of amides is 2. The van der Waals surface area contributed by atoms with E-state index >= 15 is 0 Å². The van der Waals surface area contributed by atoms with Crippen LogP contribution < -0.4 is 10.6 Å². The average molecular weight is 294 g/mol. The van der Waals surface area contributed by atoms with E-state index in [2.05, 4.69) is 0 Å². The summed E-state index contributed by atoms with van der Waals surface area (Å²) in [6, 6.07) is 0. The minimum Gasteiger partial charge on any atom is -0.393 e. The molecule has 5 unspecified atom stereocenters. The Morgan fingerprint density at radius 3 is 1.95 bits per heavy atom. The van der Waals surface area contributed by atoms with Gasteiger partial charge in [-0.15, -0.1) is 0 Å². The zero-order valence-corrected chi connectivity index (χ0v) is 10.9. The molecule has 10 nitrogen and oxygen atoms in total. The zero-order valence-electron chi connectivity index (χ0n) is 10.9. The first kappa shape index (κ1) is 16.8. The number of nitrogens with one attached hydrogen (secondary N) is 2. The van der Waals surface area contributed by atoms with E-state index in [9.17, 15) is 30.0 Å². The van der Waals surface area contributed by atoms with Gasteiger partial charge in [0.2, 0.25) is 23.8 Å². The highest BCUT2D eigenvalue weighted by atomic mass is 16.7. The van der Waals surface area contributed by atoms with Crippen molar-refractivity contribution >= 4 is 11.8 Å². The molecule has 0 aliphatic carbocycles. The van der Waals surface area contributed by atoms with Crippen molar-refractivity contribution in [3.63, 3.8) is 0 Å². The molecule has 0 aromatic carbocycles. The molecule has 0 radical (unpaired) electrons. The predicted molar refractivity (Wildman–Crippen MR) is 61.5 cm³/mol. The summed E-state index contributed by atoms with van der Waals surface area (Å²) in [6.45, 7) is 1.13. The van der Waals surface area contributed by atoms with Crippen molar-refractivity contribution in [2.45, 2.75) is 43.8 Å². The summed E-state index contributed by atoms with van der Waals surface area (Å²) in [5, 5.41) is 52.9. The highest BCUT2D eigenvalue weighted by Crippen LogP contribution is 2.32. The van der Waals surface area contributed by atoms with Crippen molar-refractivity contribution in [3.05, 3.63) is 0 Å². The standard InChI is InChI=1S/C10H18N2O8/c1-4(14)11-9(18)6(3-13)20-8(17)10(19,7(9)16)12-5(2)15/h6-8,13,16-19H,3H2,1-2H3,(H,11,14)(H,12,15). The summed E-state index contributed by atoms with van der Waals surface area (Å²) >= 11 is 0. The molecular formula is C10H18N2O8. The lowest BCUT2D eigenvalue weighted by Crippen LogP contribution is -2.81. The molecule has 1 aliphatic heterocycles. The molecule has 1 aliphatic rings. The second kappa shape index (κ2) is 5.60. The smallest absolute Gasteiger partial charge is 0.221 e. The van der Waals surface area contributed by atoms with Crippen LogP contribution in [0.3, 0.4) is 0 Å². The third-order valence-corrected chi connectivity index (χ3v) is 2.91. The SMILES string of the molecule is CC(=O)NC1(O)C(O)OC(CO)C(O)(NC(C)=O)C1O. The molecule has 0 aromatic heterocycles. The number of hydrogen-bond donors (Lipinski definition) is 7. The molecule has 20 heavy (non-hydrogen) atoms. The number of rotatable bonds is 3. The van der Waals surface area contributed by atoms with E-state index in [1.807, 2.05) is 10.6 Å². The lowest BCUT2D eigenvalue weighted by molar-refractivity contribution is -0.368. The van der Waals surface area contributed by atoms with Crippen LogP contribution in [0.1, 0.15) is 13.8 Å². The number of carbonyl (C=O) groups excluding carboxylic acids is 2. The van der Waals surface area contributed by atoms with Crippen molar-refractivity contribution in [2.24, 2.45) is 0 Å². The Bertz CT molecular complexity index is 405. The van der Waals surface area contributed by atoms with Crippen molar-refractivity contribution < 1.29 is 39.9 Å². The first-order valence-corrected chi connectivity index (χ1v) is 5.72. The van der Waals surface area contributed by atoms with E-state index < -0.39 is 48.4 Å². The third-order valence-electron chi connectivity index (χ3n) is 2.91. The summed E-state index contributed by atoms with van der Waals surface area (Å²) in [5.74, 6) is -1.63. The van der Waals surface area contributed by atoms with Crippen LogP contribution in [0.2, 0.25) is 0 Å². The van der Waals surface area contributed by atoms with Gasteiger partial charge >= 0.3 is 0 Å². The van der Waals surface area contributed by atoms with Crippen LogP contribution >= 0.6 is 0 Å². The molecule has 0 spiro atoms. The fraction of sp³-hybridized carbons (Fsp3) is 0.800. The van der Waals surface area contributed by atoms with Gasteiger partial charge < -0.3 is 40.9 Å². The molecule has 7 N–H and O–H groups in total. The third kappa shape index (κ3) is 2.75. The molecular weight excluding hydrogens is 276 g/mol. The van der Waals surface area contributed by atoms with Crippen LogP contribution in [0.5, 0.6) is 0 Å². The maximum atomic E-state index is 11.1. The molecule has 10 heteroatoms. The second-order valence-electron chi connectivity index (χ2n) is 4.58. The lowest BCUT2D eigenvalue weighted by Gasteiger charge is -2.51. The van der Waals surface area contributed by atoms with Crippen molar-refractivity contribution in [2.75, 3.05) is 6.61 Å². The van der Waals surface area contributed by atoms with E-state index in [1.54, 1.807) is 0 Å². The molecule has 1 rings (SSSR count). The van der Waals surface area contributed by atoms with Gasteiger partial charge in [-0.05, 0) is 0 Å². The fourth-order valence-electron chi connectivity index (χ4n) is 2.03. The van der Waals surface area contributed by atoms with E-state index in [0.29, 0.717) is 0 Å². The number of aliphatic hydroxyl groups is 5. The predicted octanol–water partition coefficient (Wildman–Crippen LogP) is -4.29. The van der Waals surface area contributed by atoms with Gasteiger partial charge in [0.25, 0.3) is 0 Å². The zero-order chi connectivity index (χ0) is 15.7. The van der Waals surface area contributed by atoms with Crippen molar-refractivity contribution in [3.8, 4) is 0 Å². The average Bonchev–Trinajstić information content (AvgIpc) is 2.30. The van der Waals surface area contributed by atoms with E-state index in [-0.39, 0.29) is 0 Å². The number of ether oxygens (including phenoxy) is 1. The summed E-state index contributed by atoms with van der Waals surface area (Å²) in [4.78, 5) is 22.1. The van der Waals surface area contributed by atoms with E-state index in [0.717, 1.165) is 13.8 Å². The molecule has 1 heterocycles. The number of carbonyl (C=O) groups is 2. The lowest BCUT2D eigenvalue weighted by atomic mass is 9.87. The Kier molecular flexibility index (Phi) is 4.69. The minimum absolute atomic E-state index is 0.796. The second-order valence-corrected chi connectivity index (χ2v) is 4.58. The van der Waals surface area contributed by atoms with Crippen LogP contribution in [-0.4, -0.2) is 73.9 Å². The maximum Gasteiger partial charge on any atom is 0.221 e. The Balaban J connectivity index is 3.20. The molecule has 0 aromatic rings. The first-order valence-electron chi connectivity index (χ1n) is 5.72. The Labute approximate surface area is 114 Å². The van der Waals surface area contributed by atoms with Crippen LogP contribution in [0, 0.1) is 0 Å². The van der Waals surface area contributed by atoms with Crippen molar-refractivity contribution in [1.82, 2.24) is 10.6 Å². The van der Waals surface area contributed by atoms with Crippen LogP contribution in [0.15, 0.2) is 0 Å². The monoisotopic (exact) mass is 294 g/mol. The Hall–Kier alpha value is -1.30. The first-order chi connectivity index (χ1) is 9.07. The van der Waals surface area contributed by atoms with E-state index in [4.69, 9.17) is 9.84 Å². The molecule has 0 saturated carbocycles. The quantitative estimate of drug-likeness (QED) is 0.256. The van der Waals surface area contributed by atoms with Gasteiger partial charge in [0.05, 0.1) is 6.61 Å². The molecule has 2 amide bonds. The van der Waals surface area contributed by atoms with E-state index in [1.165, 1.54) is 0 Å². The minimum atomic E-state index is -2.77. The highest BCUT2D eigenvalue weighted by molar-refractivity contribution is 5.75. The summed E-state index contributed by atoms with van der Waals surface area (Å²) in [5.41, 5.74) is -5.38. The van der Waals surface area contributed by atoms with Crippen molar-refractivity contribution in [1.29, 1.82) is 0 Å². The van der Waals surface area contributed by atoms with Gasteiger partial charge in [0.15, 0.2) is 11.8 Å². The van der Waals surface area contributed by atoms with Gasteiger partial charge in [0, 0.05) is 13.8 Å². The fourth-order valence-corrected chi connectivity index (χ4v) is 2.03. The van der Waals surface area contributed by atoms with Gasteiger partial charge in [-0.3, -0.25) is 9.59 Å². The Morgan fingerprint density at radius 1 is 1.10 bits per heavy atom. The van der Waals surface area contributed by atoms with Crippen LogP contribution in [0.25, 0.3) is 0 Å². The summed E-state index contributed by atoms with van der Waals surface area (Å²) in [6.07, 6.45) is -6.01. The summed E-state index contributed by atoms with van der Waals surface area (Å²) in [7, 11) is 0. The molecule has 5 atom stereocenters. The van der Waals surface area contributed by atoms with Gasteiger partial charge in [-0.1, -0.05) is 0 Å². The molecule has 1 saturated heterocycles. The van der Waals surface area contributed by atoms with Gasteiger partial charge in [-0.2, -0.15) is 0 Å². The van der Waals surface area contributed by atoms with Crippen LogP contribution in [-0.2, 0) is 14.3 Å². The summed E-state index contributed by atoms with van der Waals surface area (Å²) < 4.78 is 4.76. The van der Waals surface area contributed by atoms with Crippen LogP contribution in [0.4, 0.5) is 0 Å². The topological polar surface area (TPSA) is 169 Å². The largest absolute Gasteiger partial charge is 0.393 e. The molecule has 116 valence electrons. The highest BCUT2D eigenvalue weighted by Gasteiger charge is 2.63. The molecule has 0 bridgehead atoms. The maximum absolute atomic E-state index is 11.1. The van der Waals surface area contributed by atoms with Gasteiger partial charge in [0.1, 0.15) is 6.10 Å². The number of hydrogen-bond acceptors (Lipinski definition) is 8. The Morgan fingerprint density at radius 2 is 1.55 bits per heavy atom. The van der Waals surface area contributed by atoms with Gasteiger partial charge in [-0.25, -0.2) is 0 Å². The normalized spacial score (nSPS) is 41.0.